The van der Waals surface area contributed by atoms with Crippen molar-refractivity contribution < 1.29 is 14.2 Å². The molecule has 3 rings (SSSR count). The molecule has 128 valence electrons. The second-order valence-electron chi connectivity index (χ2n) is 5.45. The third kappa shape index (κ3) is 4.10. The molecule has 0 spiro atoms. The van der Waals surface area contributed by atoms with Crippen LogP contribution in [0.25, 0.3) is 11.3 Å². The lowest BCUT2D eigenvalue weighted by Gasteiger charge is -2.13. The zero-order valence-corrected chi connectivity index (χ0v) is 13.7. The summed E-state index contributed by atoms with van der Waals surface area (Å²) in [6, 6.07) is 15.7. The molecule has 0 radical (unpaired) electrons. The van der Waals surface area contributed by atoms with Crippen LogP contribution in [-0.2, 0) is 0 Å². The molecule has 2 aromatic carbocycles. The molecule has 6 heteroatoms. The Morgan fingerprint density at radius 2 is 1.92 bits per heavy atom. The molecule has 3 aromatic rings. The molecular formula is C19H18FN3O2. The van der Waals surface area contributed by atoms with Crippen LogP contribution in [0.1, 0.15) is 11.7 Å². The number of anilines is 1. The molecule has 1 aromatic heterocycles. The molecule has 0 saturated carbocycles. The van der Waals surface area contributed by atoms with E-state index in [-0.39, 0.29) is 5.75 Å². The van der Waals surface area contributed by atoms with Crippen molar-refractivity contribution in [1.29, 1.82) is 0 Å². The van der Waals surface area contributed by atoms with E-state index in [0.717, 1.165) is 5.56 Å². The summed E-state index contributed by atoms with van der Waals surface area (Å²) in [7, 11) is 1.42. The SMILES string of the molecule is COc1ccc(-c2cc(NC[C@H](O)c3ccccc3)ncn2)cc1F. The maximum absolute atomic E-state index is 13.9. The van der Waals surface area contributed by atoms with Crippen LogP contribution in [0.4, 0.5) is 10.2 Å². The van der Waals surface area contributed by atoms with Gasteiger partial charge in [0.05, 0.1) is 18.9 Å². The summed E-state index contributed by atoms with van der Waals surface area (Å²) in [5.74, 6) is 0.283. The first-order valence-corrected chi connectivity index (χ1v) is 7.80. The van der Waals surface area contributed by atoms with Gasteiger partial charge in [-0.1, -0.05) is 30.3 Å². The highest BCUT2D eigenvalue weighted by molar-refractivity contribution is 5.63. The normalized spacial score (nSPS) is 11.8. The van der Waals surface area contributed by atoms with Gasteiger partial charge in [-0.25, -0.2) is 14.4 Å². The van der Waals surface area contributed by atoms with Gasteiger partial charge in [-0.15, -0.1) is 0 Å². The number of nitrogens with zero attached hydrogens (tertiary/aromatic N) is 2. The average Bonchev–Trinajstić information content (AvgIpc) is 2.67. The Balaban J connectivity index is 1.72. The first kappa shape index (κ1) is 16.9. The number of ether oxygens (including phenoxy) is 1. The van der Waals surface area contributed by atoms with Crippen LogP contribution in [0.15, 0.2) is 60.9 Å². The van der Waals surface area contributed by atoms with E-state index >= 15 is 0 Å². The van der Waals surface area contributed by atoms with Crippen LogP contribution in [-0.4, -0.2) is 28.7 Å². The Morgan fingerprint density at radius 1 is 1.12 bits per heavy atom. The van der Waals surface area contributed by atoms with Crippen molar-refractivity contribution in [1.82, 2.24) is 9.97 Å². The first-order valence-electron chi connectivity index (χ1n) is 7.80. The molecule has 1 atom stereocenters. The quantitative estimate of drug-likeness (QED) is 0.720. The van der Waals surface area contributed by atoms with Crippen LogP contribution < -0.4 is 10.1 Å². The van der Waals surface area contributed by atoms with Gasteiger partial charge in [-0.05, 0) is 23.8 Å². The third-order valence-corrected chi connectivity index (χ3v) is 3.78. The molecule has 0 bridgehead atoms. The number of rotatable bonds is 6. The summed E-state index contributed by atoms with van der Waals surface area (Å²) in [6.45, 7) is 0.303. The number of halogens is 1. The predicted molar refractivity (Wildman–Crippen MR) is 93.9 cm³/mol. The summed E-state index contributed by atoms with van der Waals surface area (Å²) < 4.78 is 18.8. The molecule has 0 aliphatic carbocycles. The van der Waals surface area contributed by atoms with Crippen molar-refractivity contribution in [2.45, 2.75) is 6.10 Å². The van der Waals surface area contributed by atoms with E-state index in [1.165, 1.54) is 19.5 Å². The van der Waals surface area contributed by atoms with Gasteiger partial charge in [0.15, 0.2) is 11.6 Å². The zero-order chi connectivity index (χ0) is 17.6. The summed E-state index contributed by atoms with van der Waals surface area (Å²) in [5.41, 5.74) is 2.02. The van der Waals surface area contributed by atoms with E-state index in [4.69, 9.17) is 4.74 Å². The standard InChI is InChI=1S/C19H18FN3O2/c1-25-18-8-7-14(9-15(18)20)16-10-19(23-12-22-16)21-11-17(24)13-5-3-2-4-6-13/h2-10,12,17,24H,11H2,1H3,(H,21,22,23)/t17-/m0/s1. The van der Waals surface area contributed by atoms with E-state index in [0.29, 0.717) is 23.6 Å². The molecular weight excluding hydrogens is 321 g/mol. The highest BCUT2D eigenvalue weighted by Gasteiger charge is 2.09. The van der Waals surface area contributed by atoms with E-state index in [1.54, 1.807) is 18.2 Å². The summed E-state index contributed by atoms with van der Waals surface area (Å²) in [4.78, 5) is 8.31. The molecule has 1 heterocycles. The van der Waals surface area contributed by atoms with Gasteiger partial charge in [0.2, 0.25) is 0 Å². The van der Waals surface area contributed by atoms with E-state index in [9.17, 15) is 9.50 Å². The minimum Gasteiger partial charge on any atom is -0.494 e. The lowest BCUT2D eigenvalue weighted by Crippen LogP contribution is -2.13. The average molecular weight is 339 g/mol. The zero-order valence-electron chi connectivity index (χ0n) is 13.7. The van der Waals surface area contributed by atoms with Crippen LogP contribution in [0.5, 0.6) is 5.75 Å². The minimum atomic E-state index is -0.655. The van der Waals surface area contributed by atoms with Crippen molar-refractivity contribution in [3.8, 4) is 17.0 Å². The molecule has 0 aliphatic rings. The van der Waals surface area contributed by atoms with Crippen molar-refractivity contribution in [2.75, 3.05) is 19.0 Å². The number of hydrogen-bond acceptors (Lipinski definition) is 5. The van der Waals surface area contributed by atoms with Gasteiger partial charge in [0, 0.05) is 18.2 Å². The van der Waals surface area contributed by atoms with Crippen molar-refractivity contribution in [3.05, 3.63) is 72.3 Å². The number of aromatic nitrogens is 2. The Hall–Kier alpha value is -2.99. The Kier molecular flexibility index (Phi) is 5.20. The fourth-order valence-corrected chi connectivity index (χ4v) is 2.43. The van der Waals surface area contributed by atoms with Crippen LogP contribution in [0.3, 0.4) is 0 Å². The second-order valence-corrected chi connectivity index (χ2v) is 5.45. The maximum Gasteiger partial charge on any atom is 0.165 e. The Labute approximate surface area is 145 Å². The predicted octanol–water partition coefficient (Wildman–Crippen LogP) is 3.44. The monoisotopic (exact) mass is 339 g/mol. The van der Waals surface area contributed by atoms with Crippen LogP contribution >= 0.6 is 0 Å². The topological polar surface area (TPSA) is 67.3 Å². The van der Waals surface area contributed by atoms with Gasteiger partial charge in [-0.3, -0.25) is 0 Å². The highest BCUT2D eigenvalue weighted by atomic mass is 19.1. The van der Waals surface area contributed by atoms with Crippen LogP contribution in [0.2, 0.25) is 0 Å². The summed E-state index contributed by atoms with van der Waals surface area (Å²) in [5, 5.41) is 13.3. The summed E-state index contributed by atoms with van der Waals surface area (Å²) in [6.07, 6.45) is 0.743. The largest absolute Gasteiger partial charge is 0.494 e. The van der Waals surface area contributed by atoms with E-state index in [1.807, 2.05) is 30.3 Å². The number of nitrogens with one attached hydrogen (secondary N) is 1. The van der Waals surface area contributed by atoms with Gasteiger partial charge in [0.1, 0.15) is 12.1 Å². The van der Waals surface area contributed by atoms with Crippen molar-refractivity contribution in [3.63, 3.8) is 0 Å². The van der Waals surface area contributed by atoms with Crippen molar-refractivity contribution in [2.24, 2.45) is 0 Å². The molecule has 0 saturated heterocycles. The fourth-order valence-electron chi connectivity index (χ4n) is 2.43. The highest BCUT2D eigenvalue weighted by Crippen LogP contribution is 2.25. The Bertz CT molecular complexity index is 843. The number of hydrogen-bond donors (Lipinski definition) is 2. The van der Waals surface area contributed by atoms with E-state index in [2.05, 4.69) is 15.3 Å². The lowest BCUT2D eigenvalue weighted by molar-refractivity contribution is 0.191. The molecule has 0 amide bonds. The number of methoxy groups -OCH3 is 1. The van der Waals surface area contributed by atoms with Gasteiger partial charge in [0.25, 0.3) is 0 Å². The first-order chi connectivity index (χ1) is 12.2. The summed E-state index contributed by atoms with van der Waals surface area (Å²) >= 11 is 0. The smallest absolute Gasteiger partial charge is 0.165 e. The maximum atomic E-state index is 13.9. The van der Waals surface area contributed by atoms with Crippen molar-refractivity contribution >= 4 is 5.82 Å². The number of benzene rings is 2. The van der Waals surface area contributed by atoms with E-state index < -0.39 is 11.9 Å². The third-order valence-electron chi connectivity index (χ3n) is 3.78. The molecule has 0 unspecified atom stereocenters. The minimum absolute atomic E-state index is 0.183. The molecule has 0 aliphatic heterocycles. The number of aliphatic hydroxyl groups excluding tert-OH is 1. The van der Waals surface area contributed by atoms with Gasteiger partial charge in [-0.2, -0.15) is 0 Å². The van der Waals surface area contributed by atoms with Crippen LogP contribution in [0, 0.1) is 5.82 Å². The molecule has 5 nitrogen and oxygen atoms in total. The van der Waals surface area contributed by atoms with Gasteiger partial charge < -0.3 is 15.2 Å². The fraction of sp³-hybridized carbons (Fsp3) is 0.158. The second kappa shape index (κ2) is 7.72. The van der Waals surface area contributed by atoms with Gasteiger partial charge >= 0.3 is 0 Å². The number of aliphatic hydroxyl groups is 1. The molecule has 25 heavy (non-hydrogen) atoms. The molecule has 2 N–H and O–H groups in total. The Morgan fingerprint density at radius 3 is 2.64 bits per heavy atom. The molecule has 0 fully saturated rings. The lowest BCUT2D eigenvalue weighted by atomic mass is 10.1.